The number of amides is 3. The van der Waals surface area contributed by atoms with Gasteiger partial charge >= 0.3 is 6.09 Å². The van der Waals surface area contributed by atoms with Gasteiger partial charge < -0.3 is 9.84 Å². The molecule has 0 aromatic heterocycles. The minimum Gasteiger partial charge on any atom is -0.442 e. The zero-order valence-corrected chi connectivity index (χ0v) is 14.3. The molecule has 0 fully saturated rings. The molecule has 0 spiro atoms. The second-order valence-electron chi connectivity index (χ2n) is 6.82. The molecule has 0 saturated heterocycles. The van der Waals surface area contributed by atoms with Gasteiger partial charge in [0.2, 0.25) is 0 Å². The third-order valence-corrected chi connectivity index (χ3v) is 3.41. The first-order chi connectivity index (χ1) is 11.2. The molecule has 7 nitrogen and oxygen atoms in total. The van der Waals surface area contributed by atoms with Gasteiger partial charge in [0.15, 0.2) is 0 Å². The van der Waals surface area contributed by atoms with Gasteiger partial charge in [-0.15, -0.1) is 0 Å². The van der Waals surface area contributed by atoms with Crippen LogP contribution in [0.4, 0.5) is 4.79 Å². The highest BCUT2D eigenvalue weighted by Crippen LogP contribution is 2.26. The molecule has 1 aromatic carbocycles. The van der Waals surface area contributed by atoms with Gasteiger partial charge in [-0.1, -0.05) is 19.1 Å². The normalized spacial score (nSPS) is 15.3. The molecular weight excluding hydrogens is 312 g/mol. The molecule has 0 aliphatic carbocycles. The number of ether oxygens (including phenoxy) is 1. The van der Waals surface area contributed by atoms with Gasteiger partial charge in [0.1, 0.15) is 5.60 Å². The first-order valence-corrected chi connectivity index (χ1v) is 7.75. The van der Waals surface area contributed by atoms with Crippen molar-refractivity contribution in [2.24, 2.45) is 5.92 Å². The quantitative estimate of drug-likeness (QED) is 0.852. The minimum absolute atomic E-state index is 0.0170. The Labute approximate surface area is 140 Å². The summed E-state index contributed by atoms with van der Waals surface area (Å²) in [5.74, 6) is -1.49. The van der Waals surface area contributed by atoms with Gasteiger partial charge in [-0.3, -0.25) is 9.59 Å². The van der Waals surface area contributed by atoms with E-state index in [1.807, 2.05) is 0 Å². The molecule has 1 aliphatic heterocycles. The van der Waals surface area contributed by atoms with Crippen molar-refractivity contribution in [3.63, 3.8) is 0 Å². The Balaban J connectivity index is 2.36. The van der Waals surface area contributed by atoms with E-state index in [1.54, 1.807) is 39.8 Å². The molecule has 0 saturated carbocycles. The Morgan fingerprint density at radius 3 is 2.12 bits per heavy atom. The van der Waals surface area contributed by atoms with Crippen LogP contribution in [0.2, 0.25) is 0 Å². The van der Waals surface area contributed by atoms with E-state index in [1.165, 1.54) is 12.1 Å². The fourth-order valence-electron chi connectivity index (χ4n) is 2.30. The Bertz CT molecular complexity index is 630. The van der Waals surface area contributed by atoms with Crippen LogP contribution >= 0.6 is 0 Å². The van der Waals surface area contributed by atoms with Gasteiger partial charge in [-0.25, -0.2) is 9.80 Å². The number of aliphatic hydroxyl groups excluding tert-OH is 1. The number of fused-ring (bicyclic) bond motifs is 1. The summed E-state index contributed by atoms with van der Waals surface area (Å²) in [5.41, 5.74) is -0.295. The fraction of sp³-hybridized carbons (Fsp3) is 0.471. The van der Waals surface area contributed by atoms with Crippen molar-refractivity contribution in [3.8, 4) is 0 Å². The molecule has 1 aliphatic rings. The largest absolute Gasteiger partial charge is 0.442 e. The average Bonchev–Trinajstić information content (AvgIpc) is 2.75. The zero-order chi connectivity index (χ0) is 18.1. The van der Waals surface area contributed by atoms with Gasteiger partial charge in [-0.05, 0) is 38.8 Å². The summed E-state index contributed by atoms with van der Waals surface area (Å²) in [6, 6.07) is 6.39. The van der Waals surface area contributed by atoms with Crippen LogP contribution < -0.4 is 0 Å². The Morgan fingerprint density at radius 1 is 1.21 bits per heavy atom. The Kier molecular flexibility index (Phi) is 4.94. The average molecular weight is 334 g/mol. The van der Waals surface area contributed by atoms with Crippen molar-refractivity contribution in [2.45, 2.75) is 33.3 Å². The summed E-state index contributed by atoms with van der Waals surface area (Å²) in [4.78, 5) is 37.7. The summed E-state index contributed by atoms with van der Waals surface area (Å²) < 4.78 is 5.31. The molecule has 1 heterocycles. The van der Waals surface area contributed by atoms with Crippen LogP contribution in [0.5, 0.6) is 0 Å². The van der Waals surface area contributed by atoms with Gasteiger partial charge in [0.25, 0.3) is 11.8 Å². The standard InChI is InChI=1S/C17H22N2O5/c1-11(10-20)9-18(16(23)24-17(2,3)4)19-14(21)12-7-5-6-8-13(12)15(19)22/h5-8,11,20H,9-10H2,1-4H3. The van der Waals surface area contributed by atoms with Crippen LogP contribution in [-0.2, 0) is 4.74 Å². The molecular formula is C17H22N2O5. The molecule has 1 atom stereocenters. The molecule has 0 bridgehead atoms. The Hall–Kier alpha value is -2.41. The number of hydrogen-bond donors (Lipinski definition) is 1. The van der Waals surface area contributed by atoms with Crippen molar-refractivity contribution in [1.29, 1.82) is 0 Å². The number of benzene rings is 1. The van der Waals surface area contributed by atoms with Crippen LogP contribution in [0.3, 0.4) is 0 Å². The first kappa shape index (κ1) is 17.9. The SMILES string of the molecule is CC(CO)CN(C(=O)OC(C)(C)C)N1C(=O)c2ccccc2C1=O. The maximum Gasteiger partial charge on any atom is 0.429 e. The Morgan fingerprint density at radius 2 is 1.71 bits per heavy atom. The number of aliphatic hydroxyl groups is 1. The molecule has 130 valence electrons. The predicted molar refractivity (Wildman–Crippen MR) is 86.1 cm³/mol. The number of rotatable bonds is 4. The molecule has 3 amide bonds. The lowest BCUT2D eigenvalue weighted by Crippen LogP contribution is -2.53. The highest BCUT2D eigenvalue weighted by molar-refractivity contribution is 6.21. The molecule has 1 aromatic rings. The lowest BCUT2D eigenvalue weighted by atomic mass is 10.1. The number of hydrazine groups is 1. The molecule has 7 heteroatoms. The molecule has 1 N–H and O–H groups in total. The van der Waals surface area contributed by atoms with E-state index < -0.39 is 23.5 Å². The summed E-state index contributed by atoms with van der Waals surface area (Å²) in [6.07, 6.45) is -0.808. The predicted octanol–water partition coefficient (Wildman–Crippen LogP) is 2.06. The number of imide groups is 1. The monoisotopic (exact) mass is 334 g/mol. The van der Waals surface area contributed by atoms with E-state index in [4.69, 9.17) is 4.74 Å². The summed E-state index contributed by atoms with van der Waals surface area (Å²) in [6.45, 7) is 6.58. The second-order valence-corrected chi connectivity index (χ2v) is 6.82. The van der Waals surface area contributed by atoms with Crippen molar-refractivity contribution in [3.05, 3.63) is 35.4 Å². The zero-order valence-electron chi connectivity index (χ0n) is 14.3. The van der Waals surface area contributed by atoms with Crippen LogP contribution in [0.1, 0.15) is 48.4 Å². The maximum atomic E-state index is 12.6. The third kappa shape index (κ3) is 3.56. The van der Waals surface area contributed by atoms with Crippen molar-refractivity contribution >= 4 is 17.9 Å². The van der Waals surface area contributed by atoms with Crippen LogP contribution in [-0.4, -0.2) is 51.8 Å². The number of carbonyl (C=O) groups is 3. The van der Waals surface area contributed by atoms with E-state index in [-0.39, 0.29) is 30.2 Å². The lowest BCUT2D eigenvalue weighted by molar-refractivity contribution is -0.0350. The van der Waals surface area contributed by atoms with Crippen LogP contribution in [0, 0.1) is 5.92 Å². The van der Waals surface area contributed by atoms with Crippen molar-refractivity contribution in [2.75, 3.05) is 13.2 Å². The molecule has 24 heavy (non-hydrogen) atoms. The van der Waals surface area contributed by atoms with Crippen LogP contribution in [0.15, 0.2) is 24.3 Å². The summed E-state index contributed by atoms with van der Waals surface area (Å²) in [5, 5.41) is 11.0. The smallest absolute Gasteiger partial charge is 0.429 e. The number of carbonyl (C=O) groups excluding carboxylic acids is 3. The van der Waals surface area contributed by atoms with Gasteiger partial charge in [-0.2, -0.15) is 5.01 Å². The van der Waals surface area contributed by atoms with E-state index in [0.29, 0.717) is 0 Å². The first-order valence-electron chi connectivity index (χ1n) is 7.75. The van der Waals surface area contributed by atoms with Crippen molar-refractivity contribution < 1.29 is 24.2 Å². The highest BCUT2D eigenvalue weighted by atomic mass is 16.6. The van der Waals surface area contributed by atoms with Crippen LogP contribution in [0.25, 0.3) is 0 Å². The summed E-state index contributed by atoms with van der Waals surface area (Å²) >= 11 is 0. The van der Waals surface area contributed by atoms with Crippen molar-refractivity contribution in [1.82, 2.24) is 10.0 Å². The third-order valence-electron chi connectivity index (χ3n) is 3.41. The second kappa shape index (κ2) is 6.60. The fourth-order valence-corrected chi connectivity index (χ4v) is 2.30. The van der Waals surface area contributed by atoms with Gasteiger partial charge in [0, 0.05) is 6.61 Å². The molecule has 0 radical (unpaired) electrons. The van der Waals surface area contributed by atoms with E-state index in [0.717, 1.165) is 10.0 Å². The number of hydrogen-bond acceptors (Lipinski definition) is 5. The number of nitrogens with zero attached hydrogens (tertiary/aromatic N) is 2. The molecule has 1 unspecified atom stereocenters. The molecule has 2 rings (SSSR count). The topological polar surface area (TPSA) is 87.2 Å². The summed E-state index contributed by atoms with van der Waals surface area (Å²) in [7, 11) is 0. The van der Waals surface area contributed by atoms with Gasteiger partial charge in [0.05, 0.1) is 17.7 Å². The van der Waals surface area contributed by atoms with E-state index in [2.05, 4.69) is 0 Å². The lowest BCUT2D eigenvalue weighted by Gasteiger charge is -2.33. The van der Waals surface area contributed by atoms with E-state index >= 15 is 0 Å². The minimum atomic E-state index is -0.808. The maximum absolute atomic E-state index is 12.6. The highest BCUT2D eigenvalue weighted by Gasteiger charge is 2.42. The van der Waals surface area contributed by atoms with E-state index in [9.17, 15) is 19.5 Å².